The highest BCUT2D eigenvalue weighted by Crippen LogP contribution is 2.30. The zero-order chi connectivity index (χ0) is 8.81. The van der Waals surface area contributed by atoms with Gasteiger partial charge in [-0.2, -0.15) is 0 Å². The highest BCUT2D eigenvalue weighted by molar-refractivity contribution is 8.76. The number of hydrogen-bond acceptors (Lipinski definition) is 2. The molecule has 72 valence electrons. The summed E-state index contributed by atoms with van der Waals surface area (Å²) in [5.41, 5.74) is 0. The van der Waals surface area contributed by atoms with Gasteiger partial charge in [-0.1, -0.05) is 48.3 Å². The van der Waals surface area contributed by atoms with Gasteiger partial charge in [0, 0.05) is 11.5 Å². The van der Waals surface area contributed by atoms with E-state index in [0.717, 1.165) is 11.8 Å². The fourth-order valence-electron chi connectivity index (χ4n) is 1.48. The van der Waals surface area contributed by atoms with Crippen LogP contribution in [0.25, 0.3) is 0 Å². The second-order valence-electron chi connectivity index (χ2n) is 4.06. The van der Waals surface area contributed by atoms with Crippen molar-refractivity contribution in [3.63, 3.8) is 0 Å². The predicted octanol–water partition coefficient (Wildman–Crippen LogP) is 4.21. The molecule has 0 bridgehead atoms. The molecule has 0 spiro atoms. The average Bonchev–Trinajstić information content (AvgIpc) is 2.06. The Hall–Kier alpha value is 0.700. The zero-order valence-corrected chi connectivity index (χ0v) is 9.85. The summed E-state index contributed by atoms with van der Waals surface area (Å²) in [4.78, 5) is 0. The van der Waals surface area contributed by atoms with Crippen molar-refractivity contribution in [3.05, 3.63) is 0 Å². The first-order chi connectivity index (χ1) is 5.79. The molecule has 1 aliphatic rings. The monoisotopic (exact) mass is 204 g/mol. The molecule has 1 heterocycles. The zero-order valence-electron chi connectivity index (χ0n) is 8.21. The van der Waals surface area contributed by atoms with E-state index in [-0.39, 0.29) is 0 Å². The SMILES string of the molecule is C[C@@H]1CCCC[C@H](C)CSSC1. The normalized spacial score (nSPS) is 34.5. The Morgan fingerprint density at radius 3 is 1.67 bits per heavy atom. The van der Waals surface area contributed by atoms with Gasteiger partial charge >= 0.3 is 0 Å². The first kappa shape index (κ1) is 10.8. The van der Waals surface area contributed by atoms with Crippen LogP contribution in [0.2, 0.25) is 0 Å². The van der Waals surface area contributed by atoms with E-state index in [1.165, 1.54) is 37.2 Å². The van der Waals surface area contributed by atoms with Gasteiger partial charge in [-0.3, -0.25) is 0 Å². The fraction of sp³-hybridized carbons (Fsp3) is 1.00. The van der Waals surface area contributed by atoms with Crippen molar-refractivity contribution in [2.45, 2.75) is 39.5 Å². The van der Waals surface area contributed by atoms with E-state index in [9.17, 15) is 0 Å². The third kappa shape index (κ3) is 4.66. The van der Waals surface area contributed by atoms with Crippen molar-refractivity contribution in [2.75, 3.05) is 11.5 Å². The molecule has 0 amide bonds. The lowest BCUT2D eigenvalue weighted by Gasteiger charge is -2.16. The molecule has 0 radical (unpaired) electrons. The van der Waals surface area contributed by atoms with Gasteiger partial charge in [-0.15, -0.1) is 0 Å². The van der Waals surface area contributed by atoms with Crippen LogP contribution in [0.4, 0.5) is 0 Å². The van der Waals surface area contributed by atoms with Crippen LogP contribution in [-0.4, -0.2) is 11.5 Å². The van der Waals surface area contributed by atoms with E-state index in [4.69, 9.17) is 0 Å². The van der Waals surface area contributed by atoms with Gasteiger partial charge in [0.2, 0.25) is 0 Å². The van der Waals surface area contributed by atoms with E-state index < -0.39 is 0 Å². The van der Waals surface area contributed by atoms with Crippen molar-refractivity contribution < 1.29 is 0 Å². The van der Waals surface area contributed by atoms with Crippen LogP contribution in [0.1, 0.15) is 39.5 Å². The Balaban J connectivity index is 2.20. The lowest BCUT2D eigenvalue weighted by molar-refractivity contribution is 0.490. The minimum atomic E-state index is 0.941. The summed E-state index contributed by atoms with van der Waals surface area (Å²) in [6.45, 7) is 4.77. The summed E-state index contributed by atoms with van der Waals surface area (Å²) in [5, 5.41) is 0. The van der Waals surface area contributed by atoms with E-state index in [0.29, 0.717) is 0 Å². The molecule has 12 heavy (non-hydrogen) atoms. The summed E-state index contributed by atoms with van der Waals surface area (Å²) in [7, 11) is 4.16. The molecular formula is C10H20S2. The molecule has 1 rings (SSSR count). The summed E-state index contributed by atoms with van der Waals surface area (Å²) >= 11 is 0. The molecule has 0 aliphatic carbocycles. The second-order valence-corrected chi connectivity index (χ2v) is 6.62. The molecule has 1 aliphatic heterocycles. The average molecular weight is 204 g/mol. The Kier molecular flexibility index (Phi) is 5.57. The molecule has 0 unspecified atom stereocenters. The van der Waals surface area contributed by atoms with Gasteiger partial charge < -0.3 is 0 Å². The van der Waals surface area contributed by atoms with Crippen LogP contribution in [-0.2, 0) is 0 Å². The van der Waals surface area contributed by atoms with E-state index in [1.807, 2.05) is 0 Å². The van der Waals surface area contributed by atoms with Gasteiger partial charge in [0.15, 0.2) is 0 Å². The molecule has 1 fully saturated rings. The van der Waals surface area contributed by atoms with E-state index in [2.05, 4.69) is 35.4 Å². The van der Waals surface area contributed by atoms with Gasteiger partial charge in [0.1, 0.15) is 0 Å². The topological polar surface area (TPSA) is 0 Å². The van der Waals surface area contributed by atoms with Gasteiger partial charge in [0.05, 0.1) is 0 Å². The molecule has 0 aromatic heterocycles. The minimum Gasteiger partial charge on any atom is -0.0939 e. The van der Waals surface area contributed by atoms with Crippen LogP contribution in [0.3, 0.4) is 0 Å². The standard InChI is InChI=1S/C10H20S2/c1-9-5-3-4-6-10(2)8-12-11-7-9/h9-10H,3-8H2,1-2H3/t9-,10+. The fourth-order valence-corrected chi connectivity index (χ4v) is 4.44. The largest absolute Gasteiger partial charge is 0.0939 e. The molecule has 0 aromatic carbocycles. The van der Waals surface area contributed by atoms with Crippen molar-refractivity contribution in [3.8, 4) is 0 Å². The highest BCUT2D eigenvalue weighted by atomic mass is 33.1. The molecule has 1 saturated heterocycles. The predicted molar refractivity (Wildman–Crippen MR) is 61.7 cm³/mol. The molecule has 0 saturated carbocycles. The van der Waals surface area contributed by atoms with Gasteiger partial charge in [0.25, 0.3) is 0 Å². The van der Waals surface area contributed by atoms with Crippen LogP contribution >= 0.6 is 21.6 Å². The molecule has 0 aromatic rings. The second kappa shape index (κ2) is 6.20. The third-order valence-corrected chi connectivity index (χ3v) is 5.33. The smallest absolute Gasteiger partial charge is 0.00626 e. The van der Waals surface area contributed by atoms with Crippen molar-refractivity contribution >= 4 is 21.6 Å². The molecular weight excluding hydrogens is 184 g/mol. The van der Waals surface area contributed by atoms with Gasteiger partial charge in [-0.05, 0) is 24.7 Å². The maximum absolute atomic E-state index is 2.39. The van der Waals surface area contributed by atoms with E-state index >= 15 is 0 Å². The Morgan fingerprint density at radius 2 is 1.25 bits per heavy atom. The third-order valence-electron chi connectivity index (χ3n) is 2.43. The van der Waals surface area contributed by atoms with Crippen LogP contribution in [0.5, 0.6) is 0 Å². The first-order valence-corrected chi connectivity index (χ1v) is 7.52. The molecule has 0 N–H and O–H groups in total. The maximum Gasteiger partial charge on any atom is 0.00626 e. The Bertz CT molecular complexity index is 88.4. The number of rotatable bonds is 0. The van der Waals surface area contributed by atoms with Crippen LogP contribution in [0, 0.1) is 11.8 Å². The summed E-state index contributed by atoms with van der Waals surface area (Å²) in [6.07, 6.45) is 5.80. The summed E-state index contributed by atoms with van der Waals surface area (Å²) in [6, 6.07) is 0. The molecule has 0 nitrogen and oxygen atoms in total. The van der Waals surface area contributed by atoms with Crippen LogP contribution in [0.15, 0.2) is 0 Å². The van der Waals surface area contributed by atoms with Crippen LogP contribution < -0.4 is 0 Å². The molecule has 2 atom stereocenters. The first-order valence-electron chi connectivity index (χ1n) is 5.03. The minimum absolute atomic E-state index is 0.941. The van der Waals surface area contributed by atoms with Gasteiger partial charge in [-0.25, -0.2) is 0 Å². The van der Waals surface area contributed by atoms with Crippen molar-refractivity contribution in [2.24, 2.45) is 11.8 Å². The quantitative estimate of drug-likeness (QED) is 0.542. The van der Waals surface area contributed by atoms with Crippen molar-refractivity contribution in [1.82, 2.24) is 0 Å². The van der Waals surface area contributed by atoms with E-state index in [1.54, 1.807) is 0 Å². The highest BCUT2D eigenvalue weighted by Gasteiger charge is 2.08. The van der Waals surface area contributed by atoms with Crippen molar-refractivity contribution in [1.29, 1.82) is 0 Å². The lowest BCUT2D eigenvalue weighted by Crippen LogP contribution is -2.03. The number of hydrogen-bond donors (Lipinski definition) is 0. The summed E-state index contributed by atoms with van der Waals surface area (Å²) < 4.78 is 0. The lowest BCUT2D eigenvalue weighted by atomic mass is 10.0. The summed E-state index contributed by atoms with van der Waals surface area (Å²) in [5.74, 6) is 4.60. The Morgan fingerprint density at radius 1 is 0.833 bits per heavy atom. The Labute approximate surface area is 84.7 Å². The maximum atomic E-state index is 2.39. The molecule has 2 heteroatoms.